The maximum absolute atomic E-state index is 12.0. The van der Waals surface area contributed by atoms with E-state index in [1.54, 1.807) is 4.90 Å². The number of piperazine rings is 1. The molecule has 1 unspecified atom stereocenters. The zero-order valence-electron chi connectivity index (χ0n) is 11.9. The van der Waals surface area contributed by atoms with Crippen LogP contribution in [0.1, 0.15) is 19.8 Å². The van der Waals surface area contributed by atoms with Crippen molar-refractivity contribution in [3.05, 3.63) is 0 Å². The molecule has 2 amide bonds. The van der Waals surface area contributed by atoms with Crippen LogP contribution in [0.5, 0.6) is 0 Å². The van der Waals surface area contributed by atoms with E-state index in [9.17, 15) is 9.59 Å². The lowest BCUT2D eigenvalue weighted by Crippen LogP contribution is -2.51. The van der Waals surface area contributed by atoms with E-state index in [4.69, 9.17) is 10.5 Å². The summed E-state index contributed by atoms with van der Waals surface area (Å²) >= 11 is 0. The number of hydrogen-bond acceptors (Lipinski definition) is 4. The maximum Gasteiger partial charge on any atom is 0.248 e. The Morgan fingerprint density at radius 3 is 2.16 bits per heavy atom. The Balaban J connectivity index is 2.29. The van der Waals surface area contributed by atoms with Gasteiger partial charge >= 0.3 is 0 Å². The highest BCUT2D eigenvalue weighted by Gasteiger charge is 2.23. The van der Waals surface area contributed by atoms with E-state index in [1.165, 1.54) is 7.11 Å². The first-order valence-corrected chi connectivity index (χ1v) is 6.83. The van der Waals surface area contributed by atoms with E-state index < -0.39 is 0 Å². The molecule has 1 saturated heterocycles. The van der Waals surface area contributed by atoms with Crippen LogP contribution in [0.15, 0.2) is 0 Å². The summed E-state index contributed by atoms with van der Waals surface area (Å²) in [6, 6.07) is 0. The molecule has 1 fully saturated rings. The number of carbonyl (C=O) groups excluding carboxylic acids is 2. The Morgan fingerprint density at radius 1 is 1.16 bits per heavy atom. The van der Waals surface area contributed by atoms with Crippen LogP contribution in [-0.4, -0.2) is 68.1 Å². The Kier molecular flexibility index (Phi) is 6.80. The average Bonchev–Trinajstić information content (AvgIpc) is 2.44. The smallest absolute Gasteiger partial charge is 0.248 e. The molecule has 19 heavy (non-hydrogen) atoms. The van der Waals surface area contributed by atoms with Crippen molar-refractivity contribution in [3.63, 3.8) is 0 Å². The summed E-state index contributed by atoms with van der Waals surface area (Å²) in [7, 11) is 1.51. The second-order valence-corrected chi connectivity index (χ2v) is 5.07. The van der Waals surface area contributed by atoms with Crippen LogP contribution < -0.4 is 5.73 Å². The fourth-order valence-electron chi connectivity index (χ4n) is 2.07. The number of nitrogens with two attached hydrogens (primary N) is 1. The van der Waals surface area contributed by atoms with Crippen molar-refractivity contribution in [2.75, 3.05) is 46.4 Å². The number of nitrogens with zero attached hydrogens (tertiary/aromatic N) is 2. The number of rotatable bonds is 6. The molecule has 6 nitrogen and oxygen atoms in total. The highest BCUT2D eigenvalue weighted by molar-refractivity contribution is 5.79. The molecule has 2 N–H and O–H groups in total. The van der Waals surface area contributed by atoms with Gasteiger partial charge in [0.25, 0.3) is 0 Å². The average molecular weight is 271 g/mol. The molecule has 1 aliphatic heterocycles. The third-order valence-electron chi connectivity index (χ3n) is 3.51. The molecule has 110 valence electrons. The van der Waals surface area contributed by atoms with Gasteiger partial charge in [-0.05, 0) is 18.9 Å². The monoisotopic (exact) mass is 271 g/mol. The minimum Gasteiger partial charge on any atom is -0.375 e. The molecule has 0 bridgehead atoms. The lowest BCUT2D eigenvalue weighted by molar-refractivity contribution is -0.141. The fourth-order valence-corrected chi connectivity index (χ4v) is 2.07. The minimum atomic E-state index is -0.00801. The van der Waals surface area contributed by atoms with Gasteiger partial charge in [-0.3, -0.25) is 9.59 Å². The zero-order valence-corrected chi connectivity index (χ0v) is 11.9. The van der Waals surface area contributed by atoms with E-state index in [1.807, 2.05) is 4.90 Å². The van der Waals surface area contributed by atoms with Gasteiger partial charge in [0.05, 0.1) is 0 Å². The van der Waals surface area contributed by atoms with Crippen LogP contribution in [0.4, 0.5) is 0 Å². The molecule has 0 saturated carbocycles. The fraction of sp³-hybridized carbons (Fsp3) is 0.846. The Hall–Kier alpha value is -1.14. The summed E-state index contributed by atoms with van der Waals surface area (Å²) in [5.41, 5.74) is 5.54. The summed E-state index contributed by atoms with van der Waals surface area (Å²) in [5.74, 6) is 0.541. The predicted molar refractivity (Wildman–Crippen MR) is 72.5 cm³/mol. The first-order valence-electron chi connectivity index (χ1n) is 6.83. The molecule has 0 aromatic carbocycles. The predicted octanol–water partition coefficient (Wildman–Crippen LogP) is -0.321. The largest absolute Gasteiger partial charge is 0.375 e. The van der Waals surface area contributed by atoms with E-state index in [0.717, 1.165) is 6.42 Å². The molecule has 1 atom stereocenters. The van der Waals surface area contributed by atoms with E-state index in [0.29, 0.717) is 45.1 Å². The minimum absolute atomic E-state index is 0.00801. The summed E-state index contributed by atoms with van der Waals surface area (Å²) in [5, 5.41) is 0. The summed E-state index contributed by atoms with van der Waals surface area (Å²) < 4.78 is 4.82. The van der Waals surface area contributed by atoms with Gasteiger partial charge in [-0.15, -0.1) is 0 Å². The van der Waals surface area contributed by atoms with Crippen molar-refractivity contribution in [2.45, 2.75) is 19.8 Å². The number of amides is 2. The van der Waals surface area contributed by atoms with Gasteiger partial charge in [0.2, 0.25) is 11.8 Å². The maximum atomic E-state index is 12.0. The van der Waals surface area contributed by atoms with Crippen LogP contribution in [0.2, 0.25) is 0 Å². The van der Waals surface area contributed by atoms with Crippen molar-refractivity contribution >= 4 is 11.8 Å². The first-order chi connectivity index (χ1) is 9.08. The van der Waals surface area contributed by atoms with E-state index >= 15 is 0 Å². The Labute approximate surface area is 114 Å². The molecule has 0 aromatic heterocycles. The summed E-state index contributed by atoms with van der Waals surface area (Å²) in [6.07, 6.45) is 1.38. The van der Waals surface area contributed by atoms with Crippen LogP contribution in [0, 0.1) is 5.92 Å². The number of methoxy groups -OCH3 is 1. The van der Waals surface area contributed by atoms with Gasteiger partial charge in [-0.2, -0.15) is 0 Å². The third-order valence-corrected chi connectivity index (χ3v) is 3.51. The number of carbonyl (C=O) groups is 2. The van der Waals surface area contributed by atoms with Crippen LogP contribution in [-0.2, 0) is 14.3 Å². The lowest BCUT2D eigenvalue weighted by Gasteiger charge is -2.34. The van der Waals surface area contributed by atoms with Crippen molar-refractivity contribution in [3.8, 4) is 0 Å². The van der Waals surface area contributed by atoms with Gasteiger partial charge in [-0.25, -0.2) is 0 Å². The SMILES string of the molecule is COCC(=O)N1CCN(C(=O)CCC(C)CN)CC1. The molecular formula is C13H25N3O3. The molecule has 0 radical (unpaired) electrons. The summed E-state index contributed by atoms with van der Waals surface area (Å²) in [6.45, 7) is 5.21. The molecule has 0 aliphatic carbocycles. The Morgan fingerprint density at radius 2 is 1.68 bits per heavy atom. The van der Waals surface area contributed by atoms with Gasteiger partial charge < -0.3 is 20.3 Å². The third kappa shape index (κ3) is 5.16. The second-order valence-electron chi connectivity index (χ2n) is 5.07. The molecule has 1 aliphatic rings. The molecular weight excluding hydrogens is 246 g/mol. The zero-order chi connectivity index (χ0) is 14.3. The molecule has 1 heterocycles. The van der Waals surface area contributed by atoms with Crippen LogP contribution >= 0.6 is 0 Å². The van der Waals surface area contributed by atoms with Crippen molar-refractivity contribution in [1.82, 2.24) is 9.80 Å². The van der Waals surface area contributed by atoms with Gasteiger partial charge in [-0.1, -0.05) is 6.92 Å². The molecule has 6 heteroatoms. The highest BCUT2D eigenvalue weighted by Crippen LogP contribution is 2.09. The molecule has 0 aromatic rings. The first kappa shape index (κ1) is 15.9. The number of hydrogen-bond donors (Lipinski definition) is 1. The van der Waals surface area contributed by atoms with Crippen molar-refractivity contribution < 1.29 is 14.3 Å². The molecule has 1 rings (SSSR count). The topological polar surface area (TPSA) is 75.9 Å². The van der Waals surface area contributed by atoms with Gasteiger partial charge in [0.15, 0.2) is 0 Å². The number of ether oxygens (including phenoxy) is 1. The standard InChI is InChI=1S/C13H25N3O3/c1-11(9-14)3-4-12(17)15-5-7-16(8-6-15)13(18)10-19-2/h11H,3-10,14H2,1-2H3. The Bertz CT molecular complexity index is 302. The van der Waals surface area contributed by atoms with Crippen molar-refractivity contribution in [1.29, 1.82) is 0 Å². The summed E-state index contributed by atoms with van der Waals surface area (Å²) in [4.78, 5) is 27.2. The van der Waals surface area contributed by atoms with Crippen molar-refractivity contribution in [2.24, 2.45) is 11.7 Å². The van der Waals surface area contributed by atoms with Crippen LogP contribution in [0.3, 0.4) is 0 Å². The normalized spacial score (nSPS) is 17.4. The lowest BCUT2D eigenvalue weighted by atomic mass is 10.1. The van der Waals surface area contributed by atoms with E-state index in [2.05, 4.69) is 6.92 Å². The van der Waals surface area contributed by atoms with Crippen LogP contribution in [0.25, 0.3) is 0 Å². The highest BCUT2D eigenvalue weighted by atomic mass is 16.5. The van der Waals surface area contributed by atoms with Gasteiger partial charge in [0.1, 0.15) is 6.61 Å². The van der Waals surface area contributed by atoms with Gasteiger partial charge in [0, 0.05) is 39.7 Å². The quantitative estimate of drug-likeness (QED) is 0.718. The molecule has 0 spiro atoms. The van der Waals surface area contributed by atoms with E-state index in [-0.39, 0.29) is 18.4 Å². The second kappa shape index (κ2) is 8.12.